The van der Waals surface area contributed by atoms with Gasteiger partial charge in [0.2, 0.25) is 5.69 Å². The Labute approximate surface area is 110 Å². The number of carbonyl (C=O) groups is 1. The van der Waals surface area contributed by atoms with Crippen molar-refractivity contribution < 1.29 is 9.53 Å². The minimum Gasteiger partial charge on any atom is -0.468 e. The van der Waals surface area contributed by atoms with Crippen molar-refractivity contribution >= 4 is 11.7 Å². The fourth-order valence-electron chi connectivity index (χ4n) is 1.61. The quantitative estimate of drug-likeness (QED) is 0.609. The van der Waals surface area contributed by atoms with Crippen molar-refractivity contribution in [1.29, 1.82) is 5.26 Å². The van der Waals surface area contributed by atoms with E-state index in [4.69, 9.17) is 18.4 Å². The molecule has 0 aliphatic rings. The maximum atomic E-state index is 11.9. The van der Waals surface area contributed by atoms with Crippen LogP contribution in [0.5, 0.6) is 0 Å². The van der Waals surface area contributed by atoms with Gasteiger partial charge in [-0.25, -0.2) is 11.4 Å². The fourth-order valence-corrected chi connectivity index (χ4v) is 1.61. The third-order valence-corrected chi connectivity index (χ3v) is 2.82. The van der Waals surface area contributed by atoms with Crippen molar-refractivity contribution in [3.8, 4) is 6.07 Å². The molecule has 0 fully saturated rings. The average molecular weight is 254 g/mol. The molecule has 0 aliphatic carbocycles. The lowest BCUT2D eigenvalue weighted by Crippen LogP contribution is -2.43. The molecule has 0 aliphatic heterocycles. The average Bonchev–Trinajstić information content (AvgIpc) is 2.47. The van der Waals surface area contributed by atoms with Crippen LogP contribution in [0.15, 0.2) is 18.3 Å². The van der Waals surface area contributed by atoms with E-state index in [1.165, 1.54) is 32.4 Å². The van der Waals surface area contributed by atoms with Gasteiger partial charge in [-0.3, -0.25) is 14.6 Å². The summed E-state index contributed by atoms with van der Waals surface area (Å²) in [6, 6.07) is 3.47. The predicted octanol–water partition coefficient (Wildman–Crippen LogP) is 1.87. The van der Waals surface area contributed by atoms with Gasteiger partial charge in [0, 0.05) is 6.20 Å². The monoisotopic (exact) mass is 254 g/mol. The first-order valence-corrected chi connectivity index (χ1v) is 5.23. The molecule has 19 heavy (non-hydrogen) atoms. The Kier molecular flexibility index (Phi) is 4.19. The smallest absolute Gasteiger partial charge is 0.328 e. The van der Waals surface area contributed by atoms with Crippen molar-refractivity contribution in [3.05, 3.63) is 46.9 Å². The highest BCUT2D eigenvalue weighted by atomic mass is 16.5. The second-order valence-corrected chi connectivity index (χ2v) is 3.87. The maximum Gasteiger partial charge on any atom is 0.328 e. The van der Waals surface area contributed by atoms with E-state index < -0.39 is 17.4 Å². The van der Waals surface area contributed by atoms with Crippen LogP contribution in [0.2, 0.25) is 0 Å². The van der Waals surface area contributed by atoms with Crippen LogP contribution in [0.4, 0.5) is 5.69 Å². The van der Waals surface area contributed by atoms with E-state index in [-0.39, 0.29) is 5.69 Å². The molecule has 0 N–H and O–H groups in total. The number of esters is 1. The van der Waals surface area contributed by atoms with Crippen LogP contribution in [0.1, 0.15) is 12.6 Å². The van der Waals surface area contributed by atoms with Gasteiger partial charge in [0.1, 0.15) is 0 Å². The highest BCUT2D eigenvalue weighted by Gasteiger charge is 2.51. The number of ether oxygens (including phenoxy) is 1. The number of hydrogen-bond donors (Lipinski definition) is 0. The molecule has 1 heterocycles. The van der Waals surface area contributed by atoms with E-state index in [0.717, 1.165) is 0 Å². The first kappa shape index (κ1) is 14.2. The summed E-state index contributed by atoms with van der Waals surface area (Å²) in [5.41, 5.74) is -0.937. The molecular weight excluding hydrogens is 244 g/mol. The first-order chi connectivity index (χ1) is 9.04. The van der Waals surface area contributed by atoms with E-state index in [0.29, 0.717) is 5.69 Å². The molecule has 0 bridgehead atoms. The normalized spacial score (nSPS) is 14.1. The highest BCUT2D eigenvalue weighted by molar-refractivity contribution is 5.84. The number of carbonyl (C=O) groups excluding carboxylic acids is 1. The SMILES string of the molecule is [C-]#[N+]c1ccc(C(C)(C(=O)OC)C(C#N)[N+]#[C-])nc1. The summed E-state index contributed by atoms with van der Waals surface area (Å²) >= 11 is 0. The maximum absolute atomic E-state index is 11.9. The molecule has 1 aromatic heterocycles. The van der Waals surface area contributed by atoms with Gasteiger partial charge in [-0.1, -0.05) is 6.07 Å². The lowest BCUT2D eigenvalue weighted by molar-refractivity contribution is -0.147. The lowest BCUT2D eigenvalue weighted by Gasteiger charge is -2.23. The molecule has 0 amide bonds. The first-order valence-electron chi connectivity index (χ1n) is 5.23. The van der Waals surface area contributed by atoms with Gasteiger partial charge >= 0.3 is 12.0 Å². The van der Waals surface area contributed by atoms with Crippen molar-refractivity contribution in [2.24, 2.45) is 0 Å². The zero-order valence-electron chi connectivity index (χ0n) is 10.4. The molecule has 0 saturated heterocycles. The largest absolute Gasteiger partial charge is 0.468 e. The van der Waals surface area contributed by atoms with Crippen LogP contribution >= 0.6 is 0 Å². The summed E-state index contributed by atoms with van der Waals surface area (Å²) in [7, 11) is 1.19. The third kappa shape index (κ3) is 2.36. The van der Waals surface area contributed by atoms with Crippen LogP contribution in [0.25, 0.3) is 9.69 Å². The molecule has 0 spiro atoms. The third-order valence-electron chi connectivity index (χ3n) is 2.82. The van der Waals surface area contributed by atoms with Gasteiger partial charge in [-0.05, 0) is 13.0 Å². The van der Waals surface area contributed by atoms with Crippen LogP contribution in [-0.4, -0.2) is 24.1 Å². The van der Waals surface area contributed by atoms with Gasteiger partial charge in [0.25, 0.3) is 0 Å². The van der Waals surface area contributed by atoms with Gasteiger partial charge in [0.05, 0.1) is 19.4 Å². The molecular formula is C13H10N4O2. The Balaban J connectivity index is 3.41. The summed E-state index contributed by atoms with van der Waals surface area (Å²) in [5, 5.41) is 9.02. The minimum atomic E-state index is -1.48. The minimum absolute atomic E-state index is 0.231. The van der Waals surface area contributed by atoms with Crippen LogP contribution < -0.4 is 0 Å². The van der Waals surface area contributed by atoms with Crippen molar-refractivity contribution in [1.82, 2.24) is 4.98 Å². The fraction of sp³-hybridized carbons (Fsp3) is 0.308. The van der Waals surface area contributed by atoms with E-state index in [2.05, 4.69) is 19.4 Å². The number of hydrogen-bond acceptors (Lipinski definition) is 4. The summed E-state index contributed by atoms with van der Waals surface area (Å²) in [6.45, 7) is 15.3. The van der Waals surface area contributed by atoms with Crippen molar-refractivity contribution in [2.45, 2.75) is 18.4 Å². The van der Waals surface area contributed by atoms with Gasteiger partial charge < -0.3 is 4.74 Å². The molecule has 6 heteroatoms. The molecule has 2 unspecified atom stereocenters. The second kappa shape index (κ2) is 5.62. The standard InChI is InChI=1S/C13H10N4O2/c1-13(12(18)19-4,11(7-14)16-3)10-6-5-9(15-2)8-17-10/h5-6,8,11H,1,4H3. The Hall–Kier alpha value is -2.91. The van der Waals surface area contributed by atoms with Gasteiger partial charge in [-0.15, -0.1) is 0 Å². The molecule has 6 nitrogen and oxygen atoms in total. The molecule has 1 aromatic rings. The highest BCUT2D eigenvalue weighted by Crippen LogP contribution is 2.30. The number of nitrogens with zero attached hydrogens (tertiary/aromatic N) is 4. The molecule has 0 saturated carbocycles. The number of pyridine rings is 1. The zero-order chi connectivity index (χ0) is 14.5. The number of aromatic nitrogens is 1. The van der Waals surface area contributed by atoms with Gasteiger partial charge in [0.15, 0.2) is 11.5 Å². The lowest BCUT2D eigenvalue weighted by atomic mass is 9.79. The number of rotatable bonds is 3. The second-order valence-electron chi connectivity index (χ2n) is 3.87. The van der Waals surface area contributed by atoms with E-state index >= 15 is 0 Å². The summed E-state index contributed by atoms with van der Waals surface area (Å²) in [4.78, 5) is 22.3. The van der Waals surface area contributed by atoms with Crippen LogP contribution in [0, 0.1) is 24.5 Å². The topological polar surface area (TPSA) is 71.7 Å². The van der Waals surface area contributed by atoms with Crippen molar-refractivity contribution in [2.75, 3.05) is 7.11 Å². The summed E-state index contributed by atoms with van der Waals surface area (Å²) in [6.07, 6.45) is 1.29. The van der Waals surface area contributed by atoms with E-state index in [9.17, 15) is 4.79 Å². The Morgan fingerprint density at radius 2 is 2.26 bits per heavy atom. The molecule has 0 radical (unpaired) electrons. The molecule has 1 rings (SSSR count). The number of methoxy groups -OCH3 is 1. The Bertz CT molecular complexity index is 590. The summed E-state index contributed by atoms with van der Waals surface area (Å²) in [5.74, 6) is -0.710. The number of nitriles is 1. The van der Waals surface area contributed by atoms with Crippen molar-refractivity contribution in [3.63, 3.8) is 0 Å². The Morgan fingerprint density at radius 3 is 2.63 bits per heavy atom. The predicted molar refractivity (Wildman–Crippen MR) is 65.9 cm³/mol. The Morgan fingerprint density at radius 1 is 1.58 bits per heavy atom. The molecule has 2 atom stereocenters. The zero-order valence-corrected chi connectivity index (χ0v) is 10.4. The van der Waals surface area contributed by atoms with Crippen LogP contribution in [0.3, 0.4) is 0 Å². The van der Waals surface area contributed by atoms with E-state index in [1.807, 2.05) is 0 Å². The van der Waals surface area contributed by atoms with Gasteiger partial charge in [-0.2, -0.15) is 5.26 Å². The molecule has 94 valence electrons. The van der Waals surface area contributed by atoms with E-state index in [1.54, 1.807) is 6.07 Å². The van der Waals surface area contributed by atoms with Crippen LogP contribution in [-0.2, 0) is 14.9 Å². The summed E-state index contributed by atoms with van der Waals surface area (Å²) < 4.78 is 4.68. The molecule has 0 aromatic carbocycles.